The Morgan fingerprint density at radius 3 is 2.43 bits per heavy atom. The van der Waals surface area contributed by atoms with E-state index in [0.717, 1.165) is 32.4 Å². The molecule has 0 aromatic heterocycles. The number of nitrogens with zero attached hydrogens (tertiary/aromatic N) is 1. The number of hydrogen-bond acceptors (Lipinski definition) is 3. The van der Waals surface area contributed by atoms with Crippen LogP contribution in [-0.2, 0) is 0 Å². The van der Waals surface area contributed by atoms with Crippen molar-refractivity contribution in [2.24, 2.45) is 0 Å². The van der Waals surface area contributed by atoms with Crippen LogP contribution in [0.1, 0.15) is 52.4 Å². The first-order valence-electron chi connectivity index (χ1n) is 7.99. The van der Waals surface area contributed by atoms with E-state index in [1.54, 1.807) is 0 Å². The molecule has 0 bridgehead atoms. The lowest BCUT2D eigenvalue weighted by Crippen LogP contribution is -2.69. The molecule has 2 nitrogen and oxygen atoms in total. The van der Waals surface area contributed by atoms with E-state index in [2.05, 4.69) is 24.1 Å². The Morgan fingerprint density at radius 1 is 1.19 bits per heavy atom. The molecule has 1 aliphatic carbocycles. The molecule has 1 heterocycles. The second kappa shape index (κ2) is 6.67. The van der Waals surface area contributed by atoms with Gasteiger partial charge < -0.3 is 5.32 Å². The Bertz CT molecular complexity index is 342. The van der Waals surface area contributed by atoms with Crippen LogP contribution in [0.4, 0.5) is 13.2 Å². The molecule has 0 amide bonds. The van der Waals surface area contributed by atoms with E-state index in [1.807, 2.05) is 0 Å². The number of nitrogens with one attached hydrogen (secondary N) is 1. The highest BCUT2D eigenvalue weighted by Crippen LogP contribution is 2.36. The summed E-state index contributed by atoms with van der Waals surface area (Å²) >= 11 is 0.111. The van der Waals surface area contributed by atoms with Gasteiger partial charge in [0.1, 0.15) is 0 Å². The molecular formula is C15H27F3N2S. The predicted octanol–water partition coefficient (Wildman–Crippen LogP) is 4.02. The first-order valence-corrected chi connectivity index (χ1v) is 8.98. The van der Waals surface area contributed by atoms with Crippen molar-refractivity contribution in [3.8, 4) is 0 Å². The van der Waals surface area contributed by atoms with Gasteiger partial charge in [0, 0.05) is 36.5 Å². The predicted molar refractivity (Wildman–Crippen MR) is 82.6 cm³/mol. The molecule has 2 rings (SSSR count). The molecule has 1 saturated carbocycles. The first kappa shape index (κ1) is 17.4. The average molecular weight is 324 g/mol. The van der Waals surface area contributed by atoms with Gasteiger partial charge in [-0.3, -0.25) is 4.90 Å². The number of rotatable bonds is 4. The minimum Gasteiger partial charge on any atom is -0.308 e. The molecule has 124 valence electrons. The second-order valence-electron chi connectivity index (χ2n) is 6.76. The summed E-state index contributed by atoms with van der Waals surface area (Å²) < 4.78 is 37.1. The van der Waals surface area contributed by atoms with Gasteiger partial charge in [-0.15, -0.1) is 0 Å². The molecule has 1 aliphatic heterocycles. The van der Waals surface area contributed by atoms with Crippen LogP contribution in [0.5, 0.6) is 0 Å². The summed E-state index contributed by atoms with van der Waals surface area (Å²) in [5.41, 5.74) is -3.98. The lowest BCUT2D eigenvalue weighted by atomic mass is 9.77. The van der Waals surface area contributed by atoms with Gasteiger partial charge in [0.25, 0.3) is 0 Å². The zero-order valence-electron chi connectivity index (χ0n) is 13.1. The zero-order chi connectivity index (χ0) is 15.6. The third kappa shape index (κ3) is 4.52. The second-order valence-corrected chi connectivity index (χ2v) is 7.92. The Morgan fingerprint density at radius 2 is 1.86 bits per heavy atom. The molecule has 1 saturated heterocycles. The van der Waals surface area contributed by atoms with Gasteiger partial charge in [0.2, 0.25) is 0 Å². The van der Waals surface area contributed by atoms with Gasteiger partial charge in [-0.2, -0.15) is 13.2 Å². The summed E-state index contributed by atoms with van der Waals surface area (Å²) in [6, 6.07) is 0. The lowest BCUT2D eigenvalue weighted by molar-refractivity contribution is -0.0336. The van der Waals surface area contributed by atoms with Crippen LogP contribution in [0.15, 0.2) is 0 Å². The van der Waals surface area contributed by atoms with E-state index >= 15 is 0 Å². The summed E-state index contributed by atoms with van der Waals surface area (Å²) in [5, 5.41) is 3.74. The number of halogens is 3. The first-order chi connectivity index (χ1) is 9.79. The molecule has 6 heteroatoms. The zero-order valence-corrected chi connectivity index (χ0v) is 13.9. The SMILES string of the molecule is CCC1(C)CNC2(CCCCC2)CN1CCSC(F)(F)F. The lowest BCUT2D eigenvalue weighted by Gasteiger charge is -2.54. The number of alkyl halides is 3. The van der Waals surface area contributed by atoms with E-state index in [-0.39, 0.29) is 28.6 Å². The third-order valence-corrected chi connectivity index (χ3v) is 6.01. The van der Waals surface area contributed by atoms with Crippen LogP contribution in [-0.4, -0.2) is 46.9 Å². The van der Waals surface area contributed by atoms with Crippen molar-refractivity contribution in [2.75, 3.05) is 25.4 Å². The molecule has 1 N–H and O–H groups in total. The quantitative estimate of drug-likeness (QED) is 0.841. The summed E-state index contributed by atoms with van der Waals surface area (Å²) in [4.78, 5) is 2.31. The van der Waals surface area contributed by atoms with Gasteiger partial charge in [0.15, 0.2) is 0 Å². The molecule has 21 heavy (non-hydrogen) atoms. The molecule has 0 aromatic carbocycles. The molecule has 2 aliphatic rings. The van der Waals surface area contributed by atoms with Crippen LogP contribution in [0.25, 0.3) is 0 Å². The highest BCUT2D eigenvalue weighted by Gasteiger charge is 2.44. The summed E-state index contributed by atoms with van der Waals surface area (Å²) in [5.74, 6) is 0.134. The van der Waals surface area contributed by atoms with Gasteiger partial charge >= 0.3 is 5.51 Å². The molecule has 1 unspecified atom stereocenters. The van der Waals surface area contributed by atoms with Gasteiger partial charge in [-0.1, -0.05) is 26.2 Å². The molecule has 0 aromatic rings. The molecule has 0 radical (unpaired) electrons. The largest absolute Gasteiger partial charge is 0.441 e. The minimum atomic E-state index is -4.11. The fourth-order valence-electron chi connectivity index (χ4n) is 3.63. The molecule has 2 fully saturated rings. The van der Waals surface area contributed by atoms with E-state index < -0.39 is 5.51 Å². The van der Waals surface area contributed by atoms with Crippen molar-refractivity contribution in [1.29, 1.82) is 0 Å². The maximum Gasteiger partial charge on any atom is 0.441 e. The van der Waals surface area contributed by atoms with E-state index in [4.69, 9.17) is 0 Å². The van der Waals surface area contributed by atoms with Crippen molar-refractivity contribution >= 4 is 11.8 Å². The Kier molecular flexibility index (Phi) is 5.53. The summed E-state index contributed by atoms with van der Waals surface area (Å²) in [6.45, 7) is 6.62. The van der Waals surface area contributed by atoms with Crippen LogP contribution in [0.3, 0.4) is 0 Å². The van der Waals surface area contributed by atoms with Crippen molar-refractivity contribution < 1.29 is 13.2 Å². The van der Waals surface area contributed by atoms with Crippen LogP contribution >= 0.6 is 11.8 Å². The van der Waals surface area contributed by atoms with E-state index in [0.29, 0.717) is 6.54 Å². The van der Waals surface area contributed by atoms with Gasteiger partial charge in [-0.05, 0) is 37.9 Å². The van der Waals surface area contributed by atoms with E-state index in [1.165, 1.54) is 19.3 Å². The maximum atomic E-state index is 12.4. The maximum absolute atomic E-state index is 12.4. The van der Waals surface area contributed by atoms with Crippen LogP contribution in [0.2, 0.25) is 0 Å². The fourth-order valence-corrected chi connectivity index (χ4v) is 4.18. The molecular weight excluding hydrogens is 297 g/mol. The third-order valence-electron chi connectivity index (χ3n) is 5.30. The molecule has 1 atom stereocenters. The van der Waals surface area contributed by atoms with Gasteiger partial charge in [0.05, 0.1) is 0 Å². The van der Waals surface area contributed by atoms with Crippen LogP contribution < -0.4 is 5.32 Å². The van der Waals surface area contributed by atoms with Crippen molar-refractivity contribution in [3.63, 3.8) is 0 Å². The van der Waals surface area contributed by atoms with Crippen molar-refractivity contribution in [1.82, 2.24) is 10.2 Å². The number of piperazine rings is 1. The standard InChI is InChI=1S/C15H27F3N2S/c1-3-13(2)11-19-14(7-5-4-6-8-14)12-20(13)9-10-21-15(16,17)18/h19H,3-12H2,1-2H3. The Labute approximate surface area is 130 Å². The van der Waals surface area contributed by atoms with Crippen molar-refractivity contribution in [3.05, 3.63) is 0 Å². The highest BCUT2D eigenvalue weighted by molar-refractivity contribution is 8.00. The monoisotopic (exact) mass is 324 g/mol. The summed E-state index contributed by atoms with van der Waals surface area (Å²) in [6.07, 6.45) is 7.05. The fraction of sp³-hybridized carbons (Fsp3) is 1.00. The topological polar surface area (TPSA) is 15.3 Å². The smallest absolute Gasteiger partial charge is 0.308 e. The van der Waals surface area contributed by atoms with Crippen LogP contribution in [0, 0.1) is 0 Å². The Hall–Kier alpha value is 0.0600. The number of thioether (sulfide) groups is 1. The van der Waals surface area contributed by atoms with Crippen molar-refractivity contribution in [2.45, 2.75) is 69.0 Å². The normalized spacial score (nSPS) is 30.7. The number of hydrogen-bond donors (Lipinski definition) is 1. The Balaban J connectivity index is 1.98. The highest BCUT2D eigenvalue weighted by atomic mass is 32.2. The molecule has 1 spiro atoms. The minimum absolute atomic E-state index is 0.0190. The van der Waals surface area contributed by atoms with E-state index in [9.17, 15) is 13.2 Å². The van der Waals surface area contributed by atoms with Gasteiger partial charge in [-0.25, -0.2) is 0 Å². The average Bonchev–Trinajstić information content (AvgIpc) is 2.43. The summed E-state index contributed by atoms with van der Waals surface area (Å²) in [7, 11) is 0.